The number of ether oxygens (including phenoxy) is 2. The zero-order chi connectivity index (χ0) is 13.4. The molecule has 1 atom stereocenters. The minimum absolute atomic E-state index is 0.0326. The molecule has 0 heterocycles. The van der Waals surface area contributed by atoms with Crippen LogP contribution in [-0.4, -0.2) is 26.4 Å². The van der Waals surface area contributed by atoms with Gasteiger partial charge in [0.2, 0.25) is 0 Å². The van der Waals surface area contributed by atoms with Crippen molar-refractivity contribution in [1.82, 2.24) is 0 Å². The van der Waals surface area contributed by atoms with Crippen molar-refractivity contribution in [3.8, 4) is 5.75 Å². The second-order valence-corrected chi connectivity index (χ2v) is 4.49. The van der Waals surface area contributed by atoms with Gasteiger partial charge >= 0.3 is 0 Å². The van der Waals surface area contributed by atoms with Gasteiger partial charge in [0.1, 0.15) is 0 Å². The Kier molecular flexibility index (Phi) is 6.68. The summed E-state index contributed by atoms with van der Waals surface area (Å²) in [5.41, 5.74) is 6.57. The normalized spacial score (nSPS) is 12.4. The maximum Gasteiger partial charge on any atom is 0.165 e. The fourth-order valence-corrected chi connectivity index (χ4v) is 1.69. The lowest BCUT2D eigenvalue weighted by Gasteiger charge is -2.10. The van der Waals surface area contributed by atoms with Gasteiger partial charge < -0.3 is 15.2 Å². The fourth-order valence-electron chi connectivity index (χ4n) is 1.69. The van der Waals surface area contributed by atoms with Gasteiger partial charge in [-0.25, -0.2) is 4.39 Å². The predicted molar refractivity (Wildman–Crippen MR) is 70.4 cm³/mol. The second-order valence-electron chi connectivity index (χ2n) is 4.49. The molecular formula is C14H22FNO2. The van der Waals surface area contributed by atoms with Gasteiger partial charge in [-0.2, -0.15) is 0 Å². The molecule has 0 radical (unpaired) electrons. The Morgan fingerprint density at radius 2 is 2.00 bits per heavy atom. The lowest BCUT2D eigenvalue weighted by molar-refractivity contribution is 0.183. The third-order valence-electron chi connectivity index (χ3n) is 2.55. The van der Waals surface area contributed by atoms with E-state index in [4.69, 9.17) is 15.2 Å². The van der Waals surface area contributed by atoms with Gasteiger partial charge in [0.15, 0.2) is 11.6 Å². The molecule has 1 aromatic rings. The summed E-state index contributed by atoms with van der Waals surface area (Å²) in [4.78, 5) is 0. The van der Waals surface area contributed by atoms with Gasteiger partial charge in [-0.1, -0.05) is 6.07 Å². The molecule has 1 unspecified atom stereocenters. The summed E-state index contributed by atoms with van der Waals surface area (Å²) in [7, 11) is 1.66. The second kappa shape index (κ2) is 8.06. The largest absolute Gasteiger partial charge is 0.491 e. The first-order valence-corrected chi connectivity index (χ1v) is 6.29. The summed E-state index contributed by atoms with van der Waals surface area (Å²) in [5.74, 6) is -0.0132. The van der Waals surface area contributed by atoms with Crippen LogP contribution in [0.4, 0.5) is 4.39 Å². The lowest BCUT2D eigenvalue weighted by atomic mass is 10.1. The third kappa shape index (κ3) is 5.47. The number of halogens is 1. The van der Waals surface area contributed by atoms with Crippen molar-refractivity contribution in [2.75, 3.05) is 20.3 Å². The van der Waals surface area contributed by atoms with Gasteiger partial charge in [0.25, 0.3) is 0 Å². The fraction of sp³-hybridized carbons (Fsp3) is 0.571. The van der Waals surface area contributed by atoms with Crippen LogP contribution in [0.3, 0.4) is 0 Å². The molecule has 0 aliphatic carbocycles. The summed E-state index contributed by atoms with van der Waals surface area (Å²) < 4.78 is 24.0. The van der Waals surface area contributed by atoms with Crippen molar-refractivity contribution in [2.45, 2.75) is 32.2 Å². The minimum atomic E-state index is -0.320. The molecule has 0 fully saturated rings. The standard InChI is InChI=1S/C14H22FNO2/c1-11(16)9-12-5-6-14(13(15)10-12)18-8-4-3-7-17-2/h5-6,10-11H,3-4,7-9,16H2,1-2H3. The Balaban J connectivity index is 2.42. The number of nitrogens with two attached hydrogens (primary N) is 1. The van der Waals surface area contributed by atoms with Gasteiger partial charge in [-0.3, -0.25) is 0 Å². The summed E-state index contributed by atoms with van der Waals surface area (Å²) in [6.07, 6.45) is 2.45. The van der Waals surface area contributed by atoms with Crippen molar-refractivity contribution >= 4 is 0 Å². The van der Waals surface area contributed by atoms with Gasteiger partial charge in [-0.15, -0.1) is 0 Å². The first-order valence-electron chi connectivity index (χ1n) is 6.29. The molecule has 18 heavy (non-hydrogen) atoms. The molecule has 0 aromatic heterocycles. The summed E-state index contributed by atoms with van der Waals surface area (Å²) >= 11 is 0. The number of rotatable bonds is 8. The smallest absolute Gasteiger partial charge is 0.165 e. The van der Waals surface area contributed by atoms with E-state index in [1.54, 1.807) is 13.2 Å². The van der Waals surface area contributed by atoms with E-state index >= 15 is 0 Å². The van der Waals surface area contributed by atoms with Crippen LogP contribution < -0.4 is 10.5 Å². The highest BCUT2D eigenvalue weighted by Gasteiger charge is 2.06. The molecule has 1 aromatic carbocycles. The van der Waals surface area contributed by atoms with E-state index in [1.165, 1.54) is 6.07 Å². The van der Waals surface area contributed by atoms with Crippen molar-refractivity contribution in [1.29, 1.82) is 0 Å². The number of hydrogen-bond acceptors (Lipinski definition) is 3. The Morgan fingerprint density at radius 3 is 2.61 bits per heavy atom. The van der Waals surface area contributed by atoms with Gasteiger partial charge in [0, 0.05) is 19.8 Å². The average molecular weight is 255 g/mol. The van der Waals surface area contributed by atoms with E-state index in [-0.39, 0.29) is 11.9 Å². The lowest BCUT2D eigenvalue weighted by Crippen LogP contribution is -2.17. The molecule has 1 rings (SSSR count). The Labute approximate surface area is 108 Å². The number of unbranched alkanes of at least 4 members (excludes halogenated alkanes) is 1. The van der Waals surface area contributed by atoms with E-state index in [1.807, 2.05) is 13.0 Å². The van der Waals surface area contributed by atoms with Crippen LogP contribution in [0.2, 0.25) is 0 Å². The van der Waals surface area contributed by atoms with E-state index in [2.05, 4.69) is 0 Å². The topological polar surface area (TPSA) is 44.5 Å². The van der Waals surface area contributed by atoms with E-state index in [0.717, 1.165) is 18.4 Å². The Morgan fingerprint density at radius 1 is 1.28 bits per heavy atom. The molecule has 0 bridgehead atoms. The maximum atomic E-state index is 13.7. The zero-order valence-corrected chi connectivity index (χ0v) is 11.1. The maximum absolute atomic E-state index is 13.7. The number of benzene rings is 1. The first-order chi connectivity index (χ1) is 8.63. The van der Waals surface area contributed by atoms with Crippen molar-refractivity contribution in [3.63, 3.8) is 0 Å². The number of hydrogen-bond donors (Lipinski definition) is 1. The SMILES string of the molecule is COCCCCOc1ccc(CC(C)N)cc1F. The summed E-state index contributed by atoms with van der Waals surface area (Å²) in [6.45, 7) is 3.12. The van der Waals surface area contributed by atoms with Gasteiger partial charge in [0.05, 0.1) is 6.61 Å². The third-order valence-corrected chi connectivity index (χ3v) is 2.55. The van der Waals surface area contributed by atoms with E-state index < -0.39 is 0 Å². The first kappa shape index (κ1) is 14.9. The Hall–Kier alpha value is -1.13. The zero-order valence-electron chi connectivity index (χ0n) is 11.1. The molecular weight excluding hydrogens is 233 g/mol. The minimum Gasteiger partial charge on any atom is -0.491 e. The van der Waals surface area contributed by atoms with Gasteiger partial charge in [-0.05, 0) is 43.9 Å². The van der Waals surface area contributed by atoms with Crippen LogP contribution in [-0.2, 0) is 11.2 Å². The molecule has 102 valence electrons. The molecule has 3 nitrogen and oxygen atoms in total. The molecule has 0 aliphatic rings. The molecule has 0 spiro atoms. The molecule has 4 heteroatoms. The summed E-state index contributed by atoms with van der Waals surface area (Å²) in [5, 5.41) is 0. The van der Waals surface area contributed by atoms with E-state index in [9.17, 15) is 4.39 Å². The Bertz CT molecular complexity index is 356. The highest BCUT2D eigenvalue weighted by molar-refractivity contribution is 5.29. The monoisotopic (exact) mass is 255 g/mol. The quantitative estimate of drug-likeness (QED) is 0.726. The number of methoxy groups -OCH3 is 1. The van der Waals surface area contributed by atoms with Crippen LogP contribution in [0.5, 0.6) is 5.75 Å². The van der Waals surface area contributed by atoms with Crippen LogP contribution in [0, 0.1) is 5.82 Å². The van der Waals surface area contributed by atoms with E-state index in [0.29, 0.717) is 25.4 Å². The summed E-state index contributed by atoms with van der Waals surface area (Å²) in [6, 6.07) is 5.05. The van der Waals surface area contributed by atoms with Crippen molar-refractivity contribution in [2.24, 2.45) is 5.73 Å². The average Bonchev–Trinajstić information content (AvgIpc) is 2.30. The van der Waals surface area contributed by atoms with Crippen molar-refractivity contribution < 1.29 is 13.9 Å². The highest BCUT2D eigenvalue weighted by atomic mass is 19.1. The van der Waals surface area contributed by atoms with Crippen molar-refractivity contribution in [3.05, 3.63) is 29.6 Å². The molecule has 0 saturated heterocycles. The van der Waals surface area contributed by atoms with Crippen LogP contribution in [0.15, 0.2) is 18.2 Å². The van der Waals surface area contributed by atoms with Crippen LogP contribution in [0.1, 0.15) is 25.3 Å². The highest BCUT2D eigenvalue weighted by Crippen LogP contribution is 2.19. The molecule has 2 N–H and O–H groups in total. The molecule has 0 aliphatic heterocycles. The predicted octanol–water partition coefficient (Wildman–Crippen LogP) is 2.52. The molecule has 0 saturated carbocycles. The van der Waals surface area contributed by atoms with Crippen LogP contribution >= 0.6 is 0 Å². The molecule has 0 amide bonds. The van der Waals surface area contributed by atoms with Crippen LogP contribution in [0.25, 0.3) is 0 Å².